The van der Waals surface area contributed by atoms with Gasteiger partial charge in [-0.05, 0) is 5.41 Å². The van der Waals surface area contributed by atoms with Crippen molar-refractivity contribution in [3.63, 3.8) is 0 Å². The average molecular weight is 280 g/mol. The molecule has 0 radical (unpaired) electrons. The van der Waals surface area contributed by atoms with Gasteiger partial charge in [0, 0.05) is 22.7 Å². The molecule has 2 aliphatic rings. The molecule has 0 atom stereocenters. The first kappa shape index (κ1) is 17.1. The van der Waals surface area contributed by atoms with Gasteiger partial charge in [-0.2, -0.15) is 0 Å². The largest absolute Gasteiger partial charge is 0.299 e. The highest BCUT2D eigenvalue weighted by atomic mass is 16.2. The van der Waals surface area contributed by atoms with Crippen LogP contribution in [0.5, 0.6) is 0 Å². The normalized spacial score (nSPS) is 28.5. The first-order valence-corrected chi connectivity index (χ1v) is 7.28. The maximum absolute atomic E-state index is 11.3. The molecular formula is C17H28O3. The molecule has 0 bridgehead atoms. The van der Waals surface area contributed by atoms with Crippen LogP contribution in [0.2, 0.25) is 0 Å². The molecule has 3 nitrogen and oxygen atoms in total. The molecule has 114 valence electrons. The van der Waals surface area contributed by atoms with Gasteiger partial charge < -0.3 is 0 Å². The number of Topliss-reactive ketones (excluding diaryl/α,β-unsaturated/α-hetero) is 3. The van der Waals surface area contributed by atoms with E-state index in [-0.39, 0.29) is 28.8 Å². The fourth-order valence-corrected chi connectivity index (χ4v) is 2.40. The van der Waals surface area contributed by atoms with Gasteiger partial charge in [-0.15, -0.1) is 0 Å². The maximum Gasteiger partial charge on any atom is 0.146 e. The molecule has 0 heterocycles. The zero-order valence-electron chi connectivity index (χ0n) is 14.1. The molecule has 0 saturated heterocycles. The van der Waals surface area contributed by atoms with E-state index in [1.807, 2.05) is 41.5 Å². The van der Waals surface area contributed by atoms with Gasteiger partial charge in [0.2, 0.25) is 0 Å². The fraction of sp³-hybridized carbons (Fsp3) is 0.824. The molecule has 3 heteroatoms. The minimum atomic E-state index is -0.468. The lowest BCUT2D eigenvalue weighted by Crippen LogP contribution is -2.51. The SMILES string of the molecule is CC1(C)C(=O)CC(=O)C1(C)C.CC1(C)CC(=O)C1(C)C. The Morgan fingerprint density at radius 1 is 0.600 bits per heavy atom. The predicted octanol–water partition coefficient (Wildman–Crippen LogP) is 3.59. The standard InChI is InChI=1S/C9H14O2.C8H14O/c1-8(2)6(10)5-7(11)9(8,3)4;1-7(2)5-6(9)8(7,3)4/h5H2,1-4H3;5H2,1-4H3. The highest BCUT2D eigenvalue weighted by Crippen LogP contribution is 2.52. The number of carbonyl (C=O) groups is 3. The second-order valence-electron chi connectivity index (χ2n) is 8.38. The van der Waals surface area contributed by atoms with E-state index < -0.39 is 10.8 Å². The summed E-state index contributed by atoms with van der Waals surface area (Å²) in [6.45, 7) is 15.7. The molecule has 0 aromatic carbocycles. The number of hydrogen-bond donors (Lipinski definition) is 0. The lowest BCUT2D eigenvalue weighted by atomic mass is 9.52. The first-order valence-electron chi connectivity index (χ1n) is 7.28. The molecule has 0 spiro atoms. The lowest BCUT2D eigenvalue weighted by Gasteiger charge is -2.50. The van der Waals surface area contributed by atoms with Crippen molar-refractivity contribution in [3.8, 4) is 0 Å². The van der Waals surface area contributed by atoms with Crippen molar-refractivity contribution in [2.45, 2.75) is 68.2 Å². The van der Waals surface area contributed by atoms with E-state index in [1.54, 1.807) is 0 Å². The van der Waals surface area contributed by atoms with Crippen molar-refractivity contribution in [3.05, 3.63) is 0 Å². The highest BCUT2D eigenvalue weighted by molar-refractivity contribution is 6.12. The Kier molecular flexibility index (Phi) is 3.84. The molecule has 20 heavy (non-hydrogen) atoms. The number of hydrogen-bond acceptors (Lipinski definition) is 3. The van der Waals surface area contributed by atoms with E-state index in [0.717, 1.165) is 6.42 Å². The minimum absolute atomic E-state index is 0.0625. The fourth-order valence-electron chi connectivity index (χ4n) is 2.40. The second-order valence-corrected chi connectivity index (χ2v) is 8.38. The number of rotatable bonds is 0. The van der Waals surface area contributed by atoms with Crippen LogP contribution >= 0.6 is 0 Å². The molecule has 2 aliphatic carbocycles. The molecule has 2 saturated carbocycles. The van der Waals surface area contributed by atoms with Crippen LogP contribution < -0.4 is 0 Å². The van der Waals surface area contributed by atoms with Gasteiger partial charge in [-0.1, -0.05) is 55.4 Å². The quantitative estimate of drug-likeness (QED) is 0.637. The molecule has 2 fully saturated rings. The van der Waals surface area contributed by atoms with Crippen molar-refractivity contribution in [1.29, 1.82) is 0 Å². The van der Waals surface area contributed by atoms with Crippen LogP contribution in [0.3, 0.4) is 0 Å². The topological polar surface area (TPSA) is 51.2 Å². The third-order valence-electron chi connectivity index (χ3n) is 6.27. The summed E-state index contributed by atoms with van der Waals surface area (Å²) < 4.78 is 0. The zero-order valence-corrected chi connectivity index (χ0v) is 14.1. The smallest absolute Gasteiger partial charge is 0.146 e. The summed E-state index contributed by atoms with van der Waals surface area (Å²) in [7, 11) is 0. The zero-order chi connectivity index (χ0) is 16.1. The van der Waals surface area contributed by atoms with Crippen LogP contribution in [0.1, 0.15) is 68.2 Å². The Morgan fingerprint density at radius 3 is 1.00 bits per heavy atom. The molecule has 0 amide bonds. The Labute approximate surface area is 122 Å². The second kappa shape index (κ2) is 4.51. The van der Waals surface area contributed by atoms with Crippen molar-refractivity contribution in [2.24, 2.45) is 21.7 Å². The molecule has 2 rings (SSSR count). The van der Waals surface area contributed by atoms with Gasteiger partial charge >= 0.3 is 0 Å². The van der Waals surface area contributed by atoms with Crippen LogP contribution in [0.4, 0.5) is 0 Å². The summed E-state index contributed by atoms with van der Waals surface area (Å²) in [5, 5.41) is 0. The number of ketones is 3. The van der Waals surface area contributed by atoms with E-state index in [1.165, 1.54) is 0 Å². The van der Waals surface area contributed by atoms with E-state index in [4.69, 9.17) is 0 Å². The molecule has 0 N–H and O–H groups in total. The third kappa shape index (κ3) is 2.25. The highest BCUT2D eigenvalue weighted by Gasteiger charge is 2.54. The van der Waals surface area contributed by atoms with E-state index in [2.05, 4.69) is 13.8 Å². The summed E-state index contributed by atoms with van der Waals surface area (Å²) >= 11 is 0. The van der Waals surface area contributed by atoms with Gasteiger partial charge in [-0.25, -0.2) is 0 Å². The summed E-state index contributed by atoms with van der Waals surface area (Å²) in [4.78, 5) is 33.6. The van der Waals surface area contributed by atoms with Crippen LogP contribution in [0, 0.1) is 21.7 Å². The summed E-state index contributed by atoms with van der Waals surface area (Å²) in [6, 6.07) is 0. The summed E-state index contributed by atoms with van der Waals surface area (Å²) in [5.41, 5.74) is -0.759. The van der Waals surface area contributed by atoms with Gasteiger partial charge in [-0.3, -0.25) is 14.4 Å². The first-order chi connectivity index (χ1) is 8.68. The predicted molar refractivity (Wildman–Crippen MR) is 79.4 cm³/mol. The Morgan fingerprint density at radius 2 is 0.950 bits per heavy atom. The minimum Gasteiger partial charge on any atom is -0.299 e. The van der Waals surface area contributed by atoms with E-state index in [9.17, 15) is 14.4 Å². The Hall–Kier alpha value is -0.990. The van der Waals surface area contributed by atoms with Crippen LogP contribution in [-0.2, 0) is 14.4 Å². The van der Waals surface area contributed by atoms with Gasteiger partial charge in [0.1, 0.15) is 17.3 Å². The molecule has 0 unspecified atom stereocenters. The van der Waals surface area contributed by atoms with Gasteiger partial charge in [0.15, 0.2) is 0 Å². The molecule has 0 aliphatic heterocycles. The van der Waals surface area contributed by atoms with Crippen molar-refractivity contribution < 1.29 is 14.4 Å². The van der Waals surface area contributed by atoms with Crippen LogP contribution in [0.15, 0.2) is 0 Å². The van der Waals surface area contributed by atoms with E-state index >= 15 is 0 Å². The Bertz CT molecular complexity index is 441. The van der Waals surface area contributed by atoms with Crippen LogP contribution in [-0.4, -0.2) is 17.3 Å². The van der Waals surface area contributed by atoms with Gasteiger partial charge in [0.05, 0.1) is 6.42 Å². The summed E-state index contributed by atoms with van der Waals surface area (Å²) in [6.07, 6.45) is 0.889. The van der Waals surface area contributed by atoms with Gasteiger partial charge in [0.25, 0.3) is 0 Å². The van der Waals surface area contributed by atoms with Crippen LogP contribution in [0.25, 0.3) is 0 Å². The molecular weight excluding hydrogens is 252 g/mol. The van der Waals surface area contributed by atoms with E-state index in [0.29, 0.717) is 5.78 Å². The van der Waals surface area contributed by atoms with Crippen molar-refractivity contribution in [2.75, 3.05) is 0 Å². The van der Waals surface area contributed by atoms with Crippen molar-refractivity contribution in [1.82, 2.24) is 0 Å². The third-order valence-corrected chi connectivity index (χ3v) is 6.27. The summed E-state index contributed by atoms with van der Waals surface area (Å²) in [5.74, 6) is 0.563. The average Bonchev–Trinajstić information content (AvgIpc) is 2.40. The monoisotopic (exact) mass is 280 g/mol. The van der Waals surface area contributed by atoms with Crippen molar-refractivity contribution >= 4 is 17.3 Å². The maximum atomic E-state index is 11.3. The molecule has 0 aromatic rings. The lowest BCUT2D eigenvalue weighted by molar-refractivity contribution is -0.151. The molecule has 0 aromatic heterocycles. The Balaban J connectivity index is 0.000000204. The number of carbonyl (C=O) groups excluding carboxylic acids is 3.